The number of H-pyrrole nitrogens is 1. The molecule has 0 bridgehead atoms. The van der Waals surface area contributed by atoms with Crippen molar-refractivity contribution in [2.45, 2.75) is 46.3 Å². The van der Waals surface area contributed by atoms with Crippen molar-refractivity contribution < 1.29 is 14.3 Å². The number of fused-ring (bicyclic) bond motifs is 3. The van der Waals surface area contributed by atoms with Gasteiger partial charge in [0.2, 0.25) is 5.43 Å². The highest BCUT2D eigenvalue weighted by Gasteiger charge is 2.31. The minimum Gasteiger partial charge on any atom is -0.462 e. The number of carbonyl (C=O) groups excluding carboxylic acids is 1. The largest absolute Gasteiger partial charge is 0.462 e. The molecule has 2 aromatic heterocycles. The Morgan fingerprint density at radius 1 is 1.45 bits per heavy atom. The summed E-state index contributed by atoms with van der Waals surface area (Å²) in [4.78, 5) is 30.0. The van der Waals surface area contributed by atoms with E-state index in [1.165, 1.54) is 11.3 Å². The number of aromatic nitrogens is 1. The van der Waals surface area contributed by atoms with Crippen molar-refractivity contribution in [3.63, 3.8) is 0 Å². The van der Waals surface area contributed by atoms with Gasteiger partial charge in [0, 0.05) is 17.0 Å². The number of pyridine rings is 1. The molecular weight excluding hydrogens is 302 g/mol. The molecule has 0 aromatic carbocycles. The summed E-state index contributed by atoms with van der Waals surface area (Å²) in [6, 6.07) is 0. The fourth-order valence-corrected chi connectivity index (χ4v) is 4.04. The molecule has 118 valence electrons. The molecule has 22 heavy (non-hydrogen) atoms. The van der Waals surface area contributed by atoms with Gasteiger partial charge in [-0.25, -0.2) is 4.79 Å². The van der Waals surface area contributed by atoms with Crippen LogP contribution in [0.3, 0.4) is 0 Å². The molecule has 2 aromatic rings. The van der Waals surface area contributed by atoms with Crippen LogP contribution < -0.4 is 5.43 Å². The van der Waals surface area contributed by atoms with E-state index in [0.29, 0.717) is 24.1 Å². The van der Waals surface area contributed by atoms with E-state index in [1.807, 2.05) is 13.8 Å². The number of ether oxygens (including phenoxy) is 2. The first-order valence-corrected chi connectivity index (χ1v) is 8.14. The SMILES string of the molecule is CCOC(=O)c1c(C)[nH]c2sc3c(c2c1=O)CC(C)(C)OC3. The Kier molecular flexibility index (Phi) is 3.61. The number of nitrogens with one attached hydrogen (secondary N) is 1. The van der Waals surface area contributed by atoms with Crippen LogP contribution >= 0.6 is 11.3 Å². The van der Waals surface area contributed by atoms with Gasteiger partial charge in [-0.1, -0.05) is 0 Å². The summed E-state index contributed by atoms with van der Waals surface area (Å²) >= 11 is 1.53. The first-order valence-electron chi connectivity index (χ1n) is 7.32. The van der Waals surface area contributed by atoms with E-state index in [1.54, 1.807) is 13.8 Å². The number of thiophene rings is 1. The minimum absolute atomic E-state index is 0.110. The van der Waals surface area contributed by atoms with Gasteiger partial charge in [0.15, 0.2) is 0 Å². The molecule has 3 heterocycles. The summed E-state index contributed by atoms with van der Waals surface area (Å²) in [7, 11) is 0. The van der Waals surface area contributed by atoms with Gasteiger partial charge < -0.3 is 14.5 Å². The second-order valence-corrected chi connectivity index (χ2v) is 7.21. The summed E-state index contributed by atoms with van der Waals surface area (Å²) < 4.78 is 10.8. The normalized spacial score (nSPS) is 16.5. The van der Waals surface area contributed by atoms with Crippen LogP contribution in [0.4, 0.5) is 0 Å². The number of carbonyl (C=O) groups is 1. The molecule has 0 unspecified atom stereocenters. The lowest BCUT2D eigenvalue weighted by atomic mass is 9.93. The maximum Gasteiger partial charge on any atom is 0.343 e. The van der Waals surface area contributed by atoms with Crippen molar-refractivity contribution in [1.29, 1.82) is 0 Å². The Labute approximate surface area is 132 Å². The van der Waals surface area contributed by atoms with Crippen LogP contribution in [-0.2, 0) is 22.5 Å². The van der Waals surface area contributed by atoms with E-state index in [4.69, 9.17) is 9.47 Å². The van der Waals surface area contributed by atoms with Gasteiger partial charge in [0.05, 0.1) is 24.2 Å². The molecule has 0 radical (unpaired) electrons. The van der Waals surface area contributed by atoms with E-state index in [-0.39, 0.29) is 23.2 Å². The third-order valence-electron chi connectivity index (χ3n) is 3.90. The molecule has 3 rings (SSSR count). The highest BCUT2D eigenvalue weighted by Crippen LogP contribution is 2.37. The number of aromatic amines is 1. The van der Waals surface area contributed by atoms with Gasteiger partial charge in [0.1, 0.15) is 10.4 Å². The highest BCUT2D eigenvalue weighted by atomic mass is 32.1. The molecule has 0 atom stereocenters. The van der Waals surface area contributed by atoms with Crippen molar-refractivity contribution >= 4 is 27.5 Å². The maximum absolute atomic E-state index is 12.9. The average molecular weight is 321 g/mol. The van der Waals surface area contributed by atoms with E-state index in [2.05, 4.69) is 4.98 Å². The zero-order valence-electron chi connectivity index (χ0n) is 13.2. The average Bonchev–Trinajstić information content (AvgIpc) is 2.75. The summed E-state index contributed by atoms with van der Waals surface area (Å²) in [5.74, 6) is -0.561. The predicted octanol–water partition coefficient (Wildman–Crippen LogP) is 2.93. The van der Waals surface area contributed by atoms with Gasteiger partial charge in [0.25, 0.3) is 0 Å². The summed E-state index contributed by atoms with van der Waals surface area (Å²) in [5.41, 5.74) is 1.12. The Morgan fingerprint density at radius 2 is 2.18 bits per heavy atom. The number of rotatable bonds is 2. The quantitative estimate of drug-likeness (QED) is 0.864. The van der Waals surface area contributed by atoms with Crippen molar-refractivity contribution in [2.24, 2.45) is 0 Å². The molecule has 0 aliphatic carbocycles. The third-order valence-corrected chi connectivity index (χ3v) is 5.02. The third kappa shape index (κ3) is 2.36. The van der Waals surface area contributed by atoms with E-state index in [9.17, 15) is 9.59 Å². The topological polar surface area (TPSA) is 68.4 Å². The minimum atomic E-state index is -0.561. The van der Waals surface area contributed by atoms with Gasteiger partial charge in [-0.2, -0.15) is 0 Å². The molecule has 5 nitrogen and oxygen atoms in total. The van der Waals surface area contributed by atoms with Gasteiger partial charge in [-0.3, -0.25) is 4.79 Å². The molecule has 1 aliphatic heterocycles. The van der Waals surface area contributed by atoms with Crippen molar-refractivity contribution in [3.8, 4) is 0 Å². The number of hydrogen-bond donors (Lipinski definition) is 1. The molecule has 1 N–H and O–H groups in total. The molecule has 1 aliphatic rings. The van der Waals surface area contributed by atoms with E-state index >= 15 is 0 Å². The number of aryl methyl sites for hydroxylation is 1. The first-order chi connectivity index (χ1) is 10.3. The first kappa shape index (κ1) is 15.2. The standard InChI is InChI=1S/C16H19NO4S/c1-5-20-15(19)11-8(2)17-14-12(13(11)18)9-6-16(3,4)21-7-10(9)22-14/h5-7H2,1-4H3,(H,17,18). The van der Waals surface area contributed by atoms with Crippen molar-refractivity contribution in [2.75, 3.05) is 6.61 Å². The second-order valence-electron chi connectivity index (χ2n) is 6.11. The Hall–Kier alpha value is -1.66. The fourth-order valence-electron chi connectivity index (χ4n) is 2.86. The number of hydrogen-bond acceptors (Lipinski definition) is 5. The zero-order valence-corrected chi connectivity index (χ0v) is 14.0. The molecule has 0 saturated heterocycles. The summed E-state index contributed by atoms with van der Waals surface area (Å²) in [6.07, 6.45) is 0.663. The van der Waals surface area contributed by atoms with Gasteiger partial charge in [-0.05, 0) is 33.3 Å². The second kappa shape index (κ2) is 5.21. The van der Waals surface area contributed by atoms with Gasteiger partial charge in [-0.15, -0.1) is 11.3 Å². The van der Waals surface area contributed by atoms with Crippen LogP contribution in [0.25, 0.3) is 10.2 Å². The van der Waals surface area contributed by atoms with Crippen molar-refractivity contribution in [1.82, 2.24) is 4.98 Å². The fraction of sp³-hybridized carbons (Fsp3) is 0.500. The smallest absolute Gasteiger partial charge is 0.343 e. The van der Waals surface area contributed by atoms with Crippen LogP contribution in [0.2, 0.25) is 0 Å². The molecule has 0 spiro atoms. The molecule has 0 saturated carbocycles. The van der Waals surface area contributed by atoms with Crippen LogP contribution in [0.5, 0.6) is 0 Å². The van der Waals surface area contributed by atoms with E-state index in [0.717, 1.165) is 15.3 Å². The van der Waals surface area contributed by atoms with Crippen LogP contribution in [-0.4, -0.2) is 23.2 Å². The zero-order chi connectivity index (χ0) is 16.1. The predicted molar refractivity (Wildman–Crippen MR) is 85.7 cm³/mol. The maximum atomic E-state index is 12.9. The monoisotopic (exact) mass is 321 g/mol. The summed E-state index contributed by atoms with van der Waals surface area (Å²) in [6.45, 7) is 8.22. The van der Waals surface area contributed by atoms with E-state index < -0.39 is 5.97 Å². The van der Waals surface area contributed by atoms with Gasteiger partial charge >= 0.3 is 5.97 Å². The Morgan fingerprint density at radius 3 is 2.86 bits per heavy atom. The number of esters is 1. The van der Waals surface area contributed by atoms with Crippen LogP contribution in [0.15, 0.2) is 4.79 Å². The van der Waals surface area contributed by atoms with Crippen LogP contribution in [0, 0.1) is 6.92 Å². The van der Waals surface area contributed by atoms with Crippen LogP contribution in [0.1, 0.15) is 47.3 Å². The summed E-state index contributed by atoms with van der Waals surface area (Å²) in [5, 5.41) is 0.616. The molecule has 0 amide bonds. The Bertz CT molecular complexity index is 816. The highest BCUT2D eigenvalue weighted by molar-refractivity contribution is 7.18. The van der Waals surface area contributed by atoms with Crippen molar-refractivity contribution in [3.05, 3.63) is 31.9 Å². The Balaban J connectivity index is 2.26. The lowest BCUT2D eigenvalue weighted by Gasteiger charge is -2.29. The lowest BCUT2D eigenvalue weighted by Crippen LogP contribution is -2.31. The lowest BCUT2D eigenvalue weighted by molar-refractivity contribution is -0.0379. The molecular formula is C16H19NO4S. The molecule has 0 fully saturated rings. The molecule has 6 heteroatoms.